The second-order valence-electron chi connectivity index (χ2n) is 4.46. The Labute approximate surface area is 110 Å². The van der Waals surface area contributed by atoms with E-state index in [0.717, 1.165) is 10.9 Å². The SMILES string of the molecule is CCC1C(=O)NN(c2ccnc3ccccc23)C1=O. The molecule has 0 saturated carbocycles. The van der Waals surface area contributed by atoms with Crippen LogP contribution in [0.4, 0.5) is 5.69 Å². The third kappa shape index (κ3) is 1.74. The van der Waals surface area contributed by atoms with E-state index < -0.39 is 5.92 Å². The summed E-state index contributed by atoms with van der Waals surface area (Å²) in [4.78, 5) is 28.2. The Morgan fingerprint density at radius 3 is 2.79 bits per heavy atom. The highest BCUT2D eigenvalue weighted by atomic mass is 16.2. The molecule has 1 aliphatic rings. The zero-order valence-electron chi connectivity index (χ0n) is 10.5. The lowest BCUT2D eigenvalue weighted by Gasteiger charge is -2.17. The second kappa shape index (κ2) is 4.35. The van der Waals surface area contributed by atoms with Gasteiger partial charge in [-0.3, -0.25) is 20.0 Å². The van der Waals surface area contributed by atoms with Gasteiger partial charge in [0.1, 0.15) is 5.92 Å². The highest BCUT2D eigenvalue weighted by molar-refractivity contribution is 6.16. The van der Waals surface area contributed by atoms with Crippen LogP contribution in [0.25, 0.3) is 10.9 Å². The number of carbonyl (C=O) groups is 2. The van der Waals surface area contributed by atoms with Gasteiger partial charge in [-0.25, -0.2) is 5.01 Å². The number of nitrogens with zero attached hydrogens (tertiary/aromatic N) is 2. The Bertz CT molecular complexity index is 663. The molecule has 19 heavy (non-hydrogen) atoms. The Kier molecular flexibility index (Phi) is 2.67. The van der Waals surface area contributed by atoms with Crippen molar-refractivity contribution < 1.29 is 9.59 Å². The van der Waals surface area contributed by atoms with Gasteiger partial charge in [-0.2, -0.15) is 0 Å². The van der Waals surface area contributed by atoms with Crippen molar-refractivity contribution >= 4 is 28.4 Å². The predicted molar refractivity (Wildman–Crippen MR) is 71.2 cm³/mol. The number of pyridine rings is 1. The first-order valence-electron chi connectivity index (χ1n) is 6.20. The van der Waals surface area contributed by atoms with Gasteiger partial charge in [0.25, 0.3) is 11.8 Å². The lowest BCUT2D eigenvalue weighted by atomic mass is 10.1. The number of anilines is 1. The van der Waals surface area contributed by atoms with Crippen LogP contribution >= 0.6 is 0 Å². The molecule has 96 valence electrons. The molecule has 1 fully saturated rings. The van der Waals surface area contributed by atoms with Crippen LogP contribution in [0.2, 0.25) is 0 Å². The minimum absolute atomic E-state index is 0.205. The lowest BCUT2D eigenvalue weighted by molar-refractivity contribution is -0.127. The third-order valence-electron chi connectivity index (χ3n) is 3.33. The van der Waals surface area contributed by atoms with Crippen LogP contribution in [0.3, 0.4) is 0 Å². The molecule has 5 heteroatoms. The predicted octanol–water partition coefficient (Wildman–Crippen LogP) is 1.64. The molecule has 0 aliphatic carbocycles. The number of hydrogen-bond donors (Lipinski definition) is 1. The summed E-state index contributed by atoms with van der Waals surface area (Å²) in [6.07, 6.45) is 2.14. The Morgan fingerprint density at radius 2 is 2.05 bits per heavy atom. The van der Waals surface area contributed by atoms with Crippen molar-refractivity contribution in [2.45, 2.75) is 13.3 Å². The fraction of sp³-hybridized carbons (Fsp3) is 0.214. The number of aromatic nitrogens is 1. The average Bonchev–Trinajstić information content (AvgIpc) is 2.72. The van der Waals surface area contributed by atoms with E-state index in [2.05, 4.69) is 10.4 Å². The molecule has 1 aliphatic heterocycles. The Morgan fingerprint density at radius 1 is 1.26 bits per heavy atom. The van der Waals surface area contributed by atoms with Crippen LogP contribution in [0.5, 0.6) is 0 Å². The summed E-state index contributed by atoms with van der Waals surface area (Å²) in [5.74, 6) is -1.04. The maximum absolute atomic E-state index is 12.2. The van der Waals surface area contributed by atoms with Gasteiger partial charge in [0.15, 0.2) is 0 Å². The minimum atomic E-state index is -0.591. The first-order valence-corrected chi connectivity index (χ1v) is 6.20. The molecular weight excluding hydrogens is 242 g/mol. The standard InChI is InChI=1S/C14H13N3O2/c1-2-9-13(18)16-17(14(9)19)12-7-8-15-11-6-4-3-5-10(11)12/h3-9H,2H2,1H3,(H,16,18). The smallest absolute Gasteiger partial charge is 0.258 e. The largest absolute Gasteiger partial charge is 0.272 e. The van der Waals surface area contributed by atoms with Gasteiger partial charge in [-0.1, -0.05) is 25.1 Å². The van der Waals surface area contributed by atoms with Crippen molar-refractivity contribution in [3.8, 4) is 0 Å². The quantitative estimate of drug-likeness (QED) is 0.830. The van der Waals surface area contributed by atoms with Crippen LogP contribution < -0.4 is 10.4 Å². The number of hydrazine groups is 1. The first kappa shape index (κ1) is 11.6. The van der Waals surface area contributed by atoms with Gasteiger partial charge in [0.05, 0.1) is 11.2 Å². The molecule has 0 spiro atoms. The average molecular weight is 255 g/mol. The summed E-state index contributed by atoms with van der Waals surface area (Å²) in [6, 6.07) is 9.26. The molecule has 0 bridgehead atoms. The molecule has 1 aromatic carbocycles. The summed E-state index contributed by atoms with van der Waals surface area (Å²) in [5, 5.41) is 2.18. The van der Waals surface area contributed by atoms with Crippen LogP contribution in [-0.2, 0) is 9.59 Å². The molecule has 5 nitrogen and oxygen atoms in total. The second-order valence-corrected chi connectivity index (χ2v) is 4.46. The summed E-state index contributed by atoms with van der Waals surface area (Å²) in [6.45, 7) is 1.83. The lowest BCUT2D eigenvalue weighted by Crippen LogP contribution is -2.36. The topological polar surface area (TPSA) is 62.3 Å². The monoisotopic (exact) mass is 255 g/mol. The molecular formula is C14H13N3O2. The first-order chi connectivity index (χ1) is 9.22. The van der Waals surface area contributed by atoms with Crippen molar-refractivity contribution in [2.75, 3.05) is 5.01 Å². The summed E-state index contributed by atoms with van der Waals surface area (Å²) in [7, 11) is 0. The van der Waals surface area contributed by atoms with Crippen molar-refractivity contribution in [3.63, 3.8) is 0 Å². The number of nitrogens with one attached hydrogen (secondary N) is 1. The van der Waals surface area contributed by atoms with Crippen molar-refractivity contribution in [2.24, 2.45) is 5.92 Å². The van der Waals surface area contributed by atoms with Crippen molar-refractivity contribution in [1.82, 2.24) is 10.4 Å². The summed E-state index contributed by atoms with van der Waals surface area (Å²) in [5.41, 5.74) is 4.09. The highest BCUT2D eigenvalue weighted by Crippen LogP contribution is 2.28. The Hall–Kier alpha value is -2.43. The summed E-state index contributed by atoms with van der Waals surface area (Å²) < 4.78 is 0. The number of carbonyl (C=O) groups excluding carboxylic acids is 2. The molecule has 2 amide bonds. The number of amides is 2. The number of benzene rings is 1. The van der Waals surface area contributed by atoms with Crippen LogP contribution in [0.1, 0.15) is 13.3 Å². The van der Waals surface area contributed by atoms with E-state index in [9.17, 15) is 9.59 Å². The van der Waals surface area contributed by atoms with Gasteiger partial charge in [0.2, 0.25) is 0 Å². The van der Waals surface area contributed by atoms with Crippen LogP contribution in [-0.4, -0.2) is 16.8 Å². The molecule has 2 heterocycles. The van der Waals surface area contributed by atoms with Crippen molar-refractivity contribution in [3.05, 3.63) is 36.5 Å². The van der Waals surface area contributed by atoms with Gasteiger partial charge in [-0.05, 0) is 18.6 Å². The molecule has 1 N–H and O–H groups in total. The molecule has 1 unspecified atom stereocenters. The minimum Gasteiger partial charge on any atom is -0.272 e. The molecule has 1 saturated heterocycles. The number of para-hydroxylation sites is 1. The molecule has 1 aromatic heterocycles. The number of rotatable bonds is 2. The highest BCUT2D eigenvalue weighted by Gasteiger charge is 2.39. The van der Waals surface area contributed by atoms with E-state index in [1.54, 1.807) is 12.3 Å². The van der Waals surface area contributed by atoms with Gasteiger partial charge < -0.3 is 0 Å². The van der Waals surface area contributed by atoms with E-state index in [-0.39, 0.29) is 11.8 Å². The number of fused-ring (bicyclic) bond motifs is 1. The van der Waals surface area contributed by atoms with E-state index >= 15 is 0 Å². The fourth-order valence-corrected chi connectivity index (χ4v) is 2.33. The zero-order valence-corrected chi connectivity index (χ0v) is 10.5. The maximum atomic E-state index is 12.2. The van der Waals surface area contributed by atoms with E-state index in [1.807, 2.05) is 31.2 Å². The molecule has 3 rings (SSSR count). The fourth-order valence-electron chi connectivity index (χ4n) is 2.33. The van der Waals surface area contributed by atoms with E-state index in [0.29, 0.717) is 12.1 Å². The molecule has 1 atom stereocenters. The third-order valence-corrected chi connectivity index (χ3v) is 3.33. The maximum Gasteiger partial charge on any atom is 0.258 e. The van der Waals surface area contributed by atoms with E-state index in [4.69, 9.17) is 0 Å². The molecule has 0 radical (unpaired) electrons. The van der Waals surface area contributed by atoms with E-state index in [1.165, 1.54) is 5.01 Å². The normalized spacial score (nSPS) is 19.0. The van der Waals surface area contributed by atoms with Crippen molar-refractivity contribution in [1.29, 1.82) is 0 Å². The Balaban J connectivity index is 2.11. The van der Waals surface area contributed by atoms with Gasteiger partial charge >= 0.3 is 0 Å². The van der Waals surface area contributed by atoms with Crippen LogP contribution in [0, 0.1) is 5.92 Å². The zero-order chi connectivity index (χ0) is 13.4. The summed E-state index contributed by atoms with van der Waals surface area (Å²) >= 11 is 0. The van der Waals surface area contributed by atoms with Gasteiger partial charge in [0, 0.05) is 11.6 Å². The van der Waals surface area contributed by atoms with Gasteiger partial charge in [-0.15, -0.1) is 0 Å². The van der Waals surface area contributed by atoms with Crippen LogP contribution in [0.15, 0.2) is 36.5 Å². The molecule has 2 aromatic rings. The number of hydrogen-bond acceptors (Lipinski definition) is 3.